The third-order valence-corrected chi connectivity index (χ3v) is 5.14. The normalized spacial score (nSPS) is 11.6. The van der Waals surface area contributed by atoms with Gasteiger partial charge in [0.05, 0.1) is 19.8 Å². The van der Waals surface area contributed by atoms with E-state index in [9.17, 15) is 19.5 Å². The summed E-state index contributed by atoms with van der Waals surface area (Å²) in [7, 11) is 2.78. The number of nitrogens with one attached hydrogen (secondary N) is 2. The van der Waals surface area contributed by atoms with Crippen LogP contribution in [0.5, 0.6) is 17.2 Å². The number of ether oxygens (including phenoxy) is 2. The maximum absolute atomic E-state index is 12.8. The molecule has 0 unspecified atom stereocenters. The third-order valence-electron chi connectivity index (χ3n) is 5.14. The number of phenolic OH excluding ortho intramolecular Hbond substituents is 1. The predicted octanol–water partition coefficient (Wildman–Crippen LogP) is 3.96. The van der Waals surface area contributed by atoms with Gasteiger partial charge in [-0.15, -0.1) is 0 Å². The van der Waals surface area contributed by atoms with Gasteiger partial charge in [-0.05, 0) is 18.6 Å². The fraction of sp³-hybridized carbons (Fsp3) is 0.480. The molecule has 0 saturated carbocycles. The van der Waals surface area contributed by atoms with Crippen molar-refractivity contribution in [2.45, 2.75) is 54.9 Å². The van der Waals surface area contributed by atoms with Gasteiger partial charge in [0.15, 0.2) is 17.3 Å². The van der Waals surface area contributed by atoms with Crippen LogP contribution in [0.3, 0.4) is 0 Å². The smallest absolute Gasteiger partial charge is 0.232 e. The number of aromatic hydroxyl groups is 1. The van der Waals surface area contributed by atoms with Gasteiger partial charge in [-0.1, -0.05) is 41.5 Å². The molecular formula is C25H34N4O6. The van der Waals surface area contributed by atoms with Crippen molar-refractivity contribution >= 4 is 29.4 Å². The molecule has 2 amide bonds. The molecule has 1 aromatic heterocycles. The number of carbonyl (C=O) groups is 3. The summed E-state index contributed by atoms with van der Waals surface area (Å²) in [4.78, 5) is 46.2. The molecule has 35 heavy (non-hydrogen) atoms. The Balaban J connectivity index is 2.62. The molecule has 2 aromatic rings. The van der Waals surface area contributed by atoms with Crippen molar-refractivity contribution in [3.8, 4) is 17.2 Å². The Labute approximate surface area is 205 Å². The summed E-state index contributed by atoms with van der Waals surface area (Å²) in [5, 5.41) is 16.1. The molecule has 0 spiro atoms. The number of ketones is 1. The summed E-state index contributed by atoms with van der Waals surface area (Å²) < 4.78 is 10.5. The van der Waals surface area contributed by atoms with Crippen LogP contribution in [-0.2, 0) is 16.0 Å². The molecular weight excluding hydrogens is 452 g/mol. The first kappa shape index (κ1) is 27.6. The number of benzene rings is 1. The summed E-state index contributed by atoms with van der Waals surface area (Å²) in [5.74, 6) is -0.833. The number of anilines is 2. The maximum Gasteiger partial charge on any atom is 0.232 e. The fourth-order valence-electron chi connectivity index (χ4n) is 3.05. The highest BCUT2D eigenvalue weighted by Gasteiger charge is 2.27. The Kier molecular flexibility index (Phi) is 8.10. The summed E-state index contributed by atoms with van der Waals surface area (Å²) in [6.45, 7) is 11.9. The van der Waals surface area contributed by atoms with Crippen molar-refractivity contribution in [2.75, 3.05) is 24.9 Å². The Morgan fingerprint density at radius 3 is 2.00 bits per heavy atom. The molecule has 1 aromatic carbocycles. The lowest BCUT2D eigenvalue weighted by molar-refractivity contribution is -0.123. The number of carbonyl (C=O) groups excluding carboxylic acids is 3. The SMILES string of the molecule is COc1cc(Cc2cnc(NC(=O)C(C)(C)C)nc2NC(=O)C(C)(C)C)c(C(C)=O)c(O)c1OC. The van der Waals surface area contributed by atoms with Gasteiger partial charge in [-0.3, -0.25) is 19.7 Å². The molecule has 10 nitrogen and oxygen atoms in total. The van der Waals surface area contributed by atoms with E-state index < -0.39 is 10.8 Å². The Hall–Kier alpha value is -3.69. The Morgan fingerprint density at radius 2 is 1.51 bits per heavy atom. The lowest BCUT2D eigenvalue weighted by Crippen LogP contribution is -2.30. The maximum atomic E-state index is 12.8. The van der Waals surface area contributed by atoms with Crippen molar-refractivity contribution < 1.29 is 29.0 Å². The van der Waals surface area contributed by atoms with E-state index in [1.165, 1.54) is 27.3 Å². The van der Waals surface area contributed by atoms with Gasteiger partial charge in [0.1, 0.15) is 5.82 Å². The zero-order valence-electron chi connectivity index (χ0n) is 21.7. The molecule has 2 rings (SSSR count). The van der Waals surface area contributed by atoms with Crippen LogP contribution >= 0.6 is 0 Å². The van der Waals surface area contributed by atoms with Crippen LogP contribution in [0.15, 0.2) is 12.3 Å². The number of Topliss-reactive ketones (excluding diaryl/α,β-unsaturated/α-hetero) is 1. The molecule has 1 heterocycles. The number of amides is 2. The summed E-state index contributed by atoms with van der Waals surface area (Å²) in [6, 6.07) is 1.58. The topological polar surface area (TPSA) is 140 Å². The first-order chi connectivity index (χ1) is 16.1. The minimum Gasteiger partial charge on any atom is -0.504 e. The molecule has 0 fully saturated rings. The van der Waals surface area contributed by atoms with E-state index in [-0.39, 0.29) is 58.6 Å². The Morgan fingerprint density at radius 1 is 0.943 bits per heavy atom. The lowest BCUT2D eigenvalue weighted by Gasteiger charge is -2.21. The van der Waals surface area contributed by atoms with Crippen molar-refractivity contribution in [3.05, 3.63) is 29.0 Å². The number of aromatic nitrogens is 2. The second kappa shape index (κ2) is 10.3. The number of methoxy groups -OCH3 is 2. The molecule has 0 aliphatic heterocycles. The second-order valence-corrected chi connectivity index (χ2v) is 10.2. The average molecular weight is 487 g/mol. The fourth-order valence-corrected chi connectivity index (χ4v) is 3.05. The van der Waals surface area contributed by atoms with Gasteiger partial charge in [-0.2, -0.15) is 4.98 Å². The number of hydrogen-bond acceptors (Lipinski definition) is 8. The van der Waals surface area contributed by atoms with Gasteiger partial charge in [0.25, 0.3) is 0 Å². The first-order valence-electron chi connectivity index (χ1n) is 11.1. The molecule has 0 radical (unpaired) electrons. The molecule has 0 aliphatic carbocycles. The number of nitrogens with zero attached hydrogens (tertiary/aromatic N) is 2. The Bertz CT molecular complexity index is 1150. The van der Waals surface area contributed by atoms with E-state index in [0.717, 1.165) is 0 Å². The monoisotopic (exact) mass is 486 g/mol. The largest absolute Gasteiger partial charge is 0.504 e. The van der Waals surface area contributed by atoms with Crippen LogP contribution in [0, 0.1) is 10.8 Å². The van der Waals surface area contributed by atoms with Gasteiger partial charge >= 0.3 is 0 Å². The van der Waals surface area contributed by atoms with Crippen LogP contribution in [0.2, 0.25) is 0 Å². The van der Waals surface area contributed by atoms with Crippen molar-refractivity contribution in [1.82, 2.24) is 9.97 Å². The molecule has 3 N–H and O–H groups in total. The molecule has 0 aliphatic rings. The van der Waals surface area contributed by atoms with Crippen LogP contribution in [-0.4, -0.2) is 46.9 Å². The zero-order chi connectivity index (χ0) is 26.7. The molecule has 0 saturated heterocycles. The van der Waals surface area contributed by atoms with Gasteiger partial charge in [0, 0.05) is 29.0 Å². The minimum atomic E-state index is -0.719. The van der Waals surface area contributed by atoms with Crippen LogP contribution < -0.4 is 20.1 Å². The lowest BCUT2D eigenvalue weighted by atomic mass is 9.94. The zero-order valence-corrected chi connectivity index (χ0v) is 21.7. The number of rotatable bonds is 7. The summed E-state index contributed by atoms with van der Waals surface area (Å²) >= 11 is 0. The van der Waals surface area contributed by atoms with E-state index in [1.54, 1.807) is 47.6 Å². The molecule has 0 bridgehead atoms. The van der Waals surface area contributed by atoms with Gasteiger partial charge in [0.2, 0.25) is 23.5 Å². The second-order valence-electron chi connectivity index (χ2n) is 10.2. The van der Waals surface area contributed by atoms with Crippen LogP contribution in [0.1, 0.15) is 70.0 Å². The van der Waals surface area contributed by atoms with E-state index in [2.05, 4.69) is 20.6 Å². The number of hydrogen-bond donors (Lipinski definition) is 3. The standard InChI is InChI=1S/C25H34N4O6/c1-13(30)17-14(11-16(34-8)19(35-9)18(17)31)10-15-12-26-23(29-22(33)25(5,6)7)28-20(15)27-21(32)24(2,3)4/h11-12,31H,10H2,1-9H3,(H2,26,27,28,29,32,33). The van der Waals surface area contributed by atoms with E-state index in [1.807, 2.05) is 0 Å². The van der Waals surface area contributed by atoms with Gasteiger partial charge in [-0.25, -0.2) is 4.98 Å². The highest BCUT2D eigenvalue weighted by molar-refractivity contribution is 6.00. The number of phenols is 1. The summed E-state index contributed by atoms with van der Waals surface area (Å²) in [5.41, 5.74) is -0.450. The van der Waals surface area contributed by atoms with Crippen molar-refractivity contribution in [3.63, 3.8) is 0 Å². The van der Waals surface area contributed by atoms with Crippen LogP contribution in [0.4, 0.5) is 11.8 Å². The van der Waals surface area contributed by atoms with E-state index in [4.69, 9.17) is 9.47 Å². The quantitative estimate of drug-likeness (QED) is 0.500. The molecule has 0 atom stereocenters. The van der Waals surface area contributed by atoms with Crippen molar-refractivity contribution in [2.24, 2.45) is 10.8 Å². The highest BCUT2D eigenvalue weighted by Crippen LogP contribution is 2.42. The third kappa shape index (κ3) is 6.46. The van der Waals surface area contributed by atoms with E-state index in [0.29, 0.717) is 11.1 Å². The molecule has 10 heteroatoms. The highest BCUT2D eigenvalue weighted by atomic mass is 16.5. The summed E-state index contributed by atoms with van der Waals surface area (Å²) in [6.07, 6.45) is 1.54. The van der Waals surface area contributed by atoms with Crippen molar-refractivity contribution in [1.29, 1.82) is 0 Å². The first-order valence-corrected chi connectivity index (χ1v) is 11.1. The van der Waals surface area contributed by atoms with Crippen LogP contribution in [0.25, 0.3) is 0 Å². The average Bonchev–Trinajstić information content (AvgIpc) is 2.73. The molecule has 190 valence electrons. The predicted molar refractivity (Wildman–Crippen MR) is 132 cm³/mol. The van der Waals surface area contributed by atoms with E-state index >= 15 is 0 Å². The minimum absolute atomic E-state index is 0.0276. The van der Waals surface area contributed by atoms with Gasteiger partial charge < -0.3 is 19.9 Å².